The van der Waals surface area contributed by atoms with Crippen LogP contribution in [0, 0.1) is 0 Å². The van der Waals surface area contributed by atoms with E-state index in [0.29, 0.717) is 0 Å². The summed E-state index contributed by atoms with van der Waals surface area (Å²) < 4.78 is 0. The van der Waals surface area contributed by atoms with Gasteiger partial charge in [0.1, 0.15) is 0 Å². The maximum Gasteiger partial charge on any atom is 0.0890 e. The molecule has 0 bridgehead atoms. The second-order valence-electron chi connectivity index (χ2n) is 3.22. The molecular formula is C9H19BrN2. The van der Waals surface area contributed by atoms with Gasteiger partial charge in [0, 0.05) is 26.0 Å². The van der Waals surface area contributed by atoms with Crippen molar-refractivity contribution in [1.29, 1.82) is 0 Å². The standard InChI is InChI=1S/C9H18N2.BrH/c1-3-4-5-6-11-8-7-10(2)9-11;/h7-8H,3-6,9H2,1-2H3;1H. The van der Waals surface area contributed by atoms with E-state index in [2.05, 4.69) is 36.2 Å². The number of hydrogen-bond acceptors (Lipinski definition) is 2. The van der Waals surface area contributed by atoms with Crippen molar-refractivity contribution in [2.45, 2.75) is 26.2 Å². The van der Waals surface area contributed by atoms with Crippen LogP contribution in [0.3, 0.4) is 0 Å². The molecular weight excluding hydrogens is 216 g/mol. The molecule has 0 saturated carbocycles. The molecule has 3 heteroatoms. The Morgan fingerprint density at radius 3 is 2.50 bits per heavy atom. The first-order chi connectivity index (χ1) is 5.33. The lowest BCUT2D eigenvalue weighted by atomic mass is 10.2. The maximum absolute atomic E-state index is 2.36. The molecule has 0 unspecified atom stereocenters. The zero-order valence-corrected chi connectivity index (χ0v) is 9.71. The molecule has 0 spiro atoms. The van der Waals surface area contributed by atoms with Crippen LogP contribution in [0.5, 0.6) is 0 Å². The molecule has 1 aliphatic rings. The van der Waals surface area contributed by atoms with Crippen molar-refractivity contribution in [3.63, 3.8) is 0 Å². The summed E-state index contributed by atoms with van der Waals surface area (Å²) in [7, 11) is 2.11. The molecule has 1 aliphatic heterocycles. The van der Waals surface area contributed by atoms with Crippen molar-refractivity contribution in [3.8, 4) is 0 Å². The normalized spacial score (nSPS) is 15.2. The lowest BCUT2D eigenvalue weighted by molar-refractivity contribution is 0.291. The van der Waals surface area contributed by atoms with Gasteiger partial charge in [0.05, 0.1) is 6.67 Å². The third-order valence-corrected chi connectivity index (χ3v) is 1.99. The SMILES string of the molecule is Br.CCCCCN1C=CN(C)C1. The van der Waals surface area contributed by atoms with Gasteiger partial charge in [-0.05, 0) is 6.42 Å². The Balaban J connectivity index is 0.00000121. The number of nitrogens with zero attached hydrogens (tertiary/aromatic N) is 2. The van der Waals surface area contributed by atoms with E-state index in [0.717, 1.165) is 6.67 Å². The van der Waals surface area contributed by atoms with Gasteiger partial charge in [-0.3, -0.25) is 0 Å². The Hall–Kier alpha value is -0.180. The van der Waals surface area contributed by atoms with Crippen LogP contribution < -0.4 is 0 Å². The molecule has 0 amide bonds. The third kappa shape index (κ3) is 4.00. The van der Waals surface area contributed by atoms with Crippen LogP contribution in [0.15, 0.2) is 12.4 Å². The first kappa shape index (κ1) is 11.8. The van der Waals surface area contributed by atoms with Crippen LogP contribution in [-0.2, 0) is 0 Å². The molecule has 0 fully saturated rings. The van der Waals surface area contributed by atoms with E-state index < -0.39 is 0 Å². The van der Waals surface area contributed by atoms with Crippen LogP contribution in [0.4, 0.5) is 0 Å². The largest absolute Gasteiger partial charge is 0.362 e. The number of unbranched alkanes of at least 4 members (excludes halogenated alkanes) is 2. The first-order valence-electron chi connectivity index (χ1n) is 4.45. The Bertz CT molecular complexity index is 136. The quantitative estimate of drug-likeness (QED) is 0.690. The number of rotatable bonds is 4. The van der Waals surface area contributed by atoms with Gasteiger partial charge in [0.2, 0.25) is 0 Å². The van der Waals surface area contributed by atoms with E-state index in [-0.39, 0.29) is 17.0 Å². The highest BCUT2D eigenvalue weighted by atomic mass is 79.9. The highest BCUT2D eigenvalue weighted by Gasteiger charge is 2.06. The van der Waals surface area contributed by atoms with Gasteiger partial charge in [-0.1, -0.05) is 19.8 Å². The average Bonchev–Trinajstić information content (AvgIpc) is 2.37. The highest BCUT2D eigenvalue weighted by molar-refractivity contribution is 8.93. The van der Waals surface area contributed by atoms with Crippen molar-refractivity contribution >= 4 is 17.0 Å². The minimum Gasteiger partial charge on any atom is -0.362 e. The van der Waals surface area contributed by atoms with Crippen molar-refractivity contribution < 1.29 is 0 Å². The highest BCUT2D eigenvalue weighted by Crippen LogP contribution is 2.05. The van der Waals surface area contributed by atoms with Gasteiger partial charge in [-0.25, -0.2) is 0 Å². The molecule has 0 aromatic heterocycles. The summed E-state index contributed by atoms with van der Waals surface area (Å²) >= 11 is 0. The molecule has 1 rings (SSSR count). The van der Waals surface area contributed by atoms with Gasteiger partial charge in [-0.2, -0.15) is 0 Å². The lowest BCUT2D eigenvalue weighted by Crippen LogP contribution is -2.23. The Morgan fingerprint density at radius 1 is 1.25 bits per heavy atom. The fourth-order valence-corrected chi connectivity index (χ4v) is 1.30. The van der Waals surface area contributed by atoms with Gasteiger partial charge < -0.3 is 9.80 Å². The molecule has 0 aromatic carbocycles. The Labute approximate surface area is 86.0 Å². The van der Waals surface area contributed by atoms with E-state index in [1.807, 2.05) is 0 Å². The van der Waals surface area contributed by atoms with Crippen LogP contribution in [0.25, 0.3) is 0 Å². The van der Waals surface area contributed by atoms with Gasteiger partial charge >= 0.3 is 0 Å². The maximum atomic E-state index is 2.36. The summed E-state index contributed by atoms with van der Waals surface area (Å²) in [5.41, 5.74) is 0. The van der Waals surface area contributed by atoms with Crippen molar-refractivity contribution in [2.75, 3.05) is 20.3 Å². The predicted octanol–water partition coefficient (Wildman–Crippen LogP) is 2.43. The zero-order valence-electron chi connectivity index (χ0n) is 7.99. The van der Waals surface area contributed by atoms with Gasteiger partial charge in [0.15, 0.2) is 0 Å². The predicted molar refractivity (Wildman–Crippen MR) is 58.3 cm³/mol. The third-order valence-electron chi connectivity index (χ3n) is 1.99. The minimum atomic E-state index is 0. The molecule has 0 saturated heterocycles. The summed E-state index contributed by atoms with van der Waals surface area (Å²) in [5, 5.41) is 0. The van der Waals surface area contributed by atoms with Crippen LogP contribution in [0.1, 0.15) is 26.2 Å². The molecule has 72 valence electrons. The van der Waals surface area contributed by atoms with E-state index in [1.165, 1.54) is 25.8 Å². The number of hydrogen-bond donors (Lipinski definition) is 0. The second kappa shape index (κ2) is 6.35. The van der Waals surface area contributed by atoms with Crippen molar-refractivity contribution in [1.82, 2.24) is 9.80 Å². The molecule has 0 atom stereocenters. The zero-order chi connectivity index (χ0) is 8.10. The summed E-state index contributed by atoms with van der Waals surface area (Å²) in [5.74, 6) is 0. The van der Waals surface area contributed by atoms with E-state index in [4.69, 9.17) is 0 Å². The summed E-state index contributed by atoms with van der Waals surface area (Å²) in [6, 6.07) is 0. The number of halogens is 1. The fraction of sp³-hybridized carbons (Fsp3) is 0.778. The fourth-order valence-electron chi connectivity index (χ4n) is 1.30. The van der Waals surface area contributed by atoms with E-state index in [1.54, 1.807) is 0 Å². The molecule has 0 N–H and O–H groups in total. The lowest BCUT2D eigenvalue weighted by Gasteiger charge is -2.17. The Morgan fingerprint density at radius 2 is 2.00 bits per heavy atom. The summed E-state index contributed by atoms with van der Waals surface area (Å²) in [4.78, 5) is 4.56. The molecule has 0 radical (unpaired) electrons. The monoisotopic (exact) mass is 234 g/mol. The van der Waals surface area contributed by atoms with Crippen molar-refractivity contribution in [3.05, 3.63) is 12.4 Å². The second-order valence-corrected chi connectivity index (χ2v) is 3.22. The molecule has 1 heterocycles. The van der Waals surface area contributed by atoms with Crippen molar-refractivity contribution in [2.24, 2.45) is 0 Å². The van der Waals surface area contributed by atoms with Crippen LogP contribution in [0.2, 0.25) is 0 Å². The van der Waals surface area contributed by atoms with Gasteiger partial charge in [0.25, 0.3) is 0 Å². The van der Waals surface area contributed by atoms with E-state index >= 15 is 0 Å². The first-order valence-corrected chi connectivity index (χ1v) is 4.45. The summed E-state index contributed by atoms with van der Waals surface area (Å²) in [6.45, 7) is 4.53. The summed E-state index contributed by atoms with van der Waals surface area (Å²) in [6.07, 6.45) is 8.30. The van der Waals surface area contributed by atoms with E-state index in [9.17, 15) is 0 Å². The van der Waals surface area contributed by atoms with Gasteiger partial charge in [-0.15, -0.1) is 17.0 Å². The molecule has 0 aliphatic carbocycles. The van der Waals surface area contributed by atoms with Crippen LogP contribution >= 0.6 is 17.0 Å². The average molecular weight is 235 g/mol. The topological polar surface area (TPSA) is 6.48 Å². The molecule has 12 heavy (non-hydrogen) atoms. The smallest absolute Gasteiger partial charge is 0.0890 e. The Kier molecular flexibility index (Phi) is 6.25. The molecule has 0 aromatic rings. The van der Waals surface area contributed by atoms with Crippen LogP contribution in [-0.4, -0.2) is 30.1 Å². The minimum absolute atomic E-state index is 0. The molecule has 2 nitrogen and oxygen atoms in total.